The smallest absolute Gasteiger partial charge is 0.260 e. The lowest BCUT2D eigenvalue weighted by molar-refractivity contribution is -0.135. The molecular formula is C24H30N4O3. The Balaban J connectivity index is 1.25. The maximum atomic E-state index is 12.7. The van der Waals surface area contributed by atoms with Gasteiger partial charge in [-0.2, -0.15) is 0 Å². The number of pyridine rings is 1. The van der Waals surface area contributed by atoms with Gasteiger partial charge in [0.15, 0.2) is 6.61 Å². The number of carbonyl (C=O) groups excluding carboxylic acids is 1. The summed E-state index contributed by atoms with van der Waals surface area (Å²) in [4.78, 5) is 21.4. The fraction of sp³-hybridized carbons (Fsp3) is 0.417. The van der Waals surface area contributed by atoms with Crippen LogP contribution in [0.2, 0.25) is 0 Å². The molecule has 1 aliphatic heterocycles. The fourth-order valence-corrected chi connectivity index (χ4v) is 3.98. The summed E-state index contributed by atoms with van der Waals surface area (Å²) in [5, 5.41) is 1.02. The van der Waals surface area contributed by atoms with E-state index in [9.17, 15) is 4.79 Å². The highest BCUT2D eigenvalue weighted by Gasteiger charge is 2.21. The molecule has 0 atom stereocenters. The monoisotopic (exact) mass is 422 g/mol. The standard InChI is InChI=1S/C24H30N4O3/c1-30-18-17-27-12-9-21-22(27)6-4-7-23(21)31-19-24(29)28-15-13-26(14-16-28)11-8-20-5-2-3-10-25-20/h2-7,9-10,12H,8,11,13-19H2,1H3. The molecule has 0 radical (unpaired) electrons. The zero-order valence-electron chi connectivity index (χ0n) is 18.1. The zero-order chi connectivity index (χ0) is 21.5. The minimum atomic E-state index is 0.0418. The molecule has 3 aromatic rings. The van der Waals surface area contributed by atoms with Gasteiger partial charge in [0.1, 0.15) is 5.75 Å². The molecule has 1 fully saturated rings. The largest absolute Gasteiger partial charge is 0.483 e. The van der Waals surface area contributed by atoms with Crippen LogP contribution in [0.4, 0.5) is 0 Å². The van der Waals surface area contributed by atoms with Crippen molar-refractivity contribution in [1.29, 1.82) is 0 Å². The third-order valence-electron chi connectivity index (χ3n) is 5.80. The molecule has 1 aliphatic rings. The molecule has 0 spiro atoms. The summed E-state index contributed by atoms with van der Waals surface area (Å²) in [5.74, 6) is 0.788. The molecule has 31 heavy (non-hydrogen) atoms. The molecule has 0 bridgehead atoms. The van der Waals surface area contributed by atoms with Crippen molar-refractivity contribution < 1.29 is 14.3 Å². The van der Waals surface area contributed by atoms with Crippen LogP contribution in [-0.2, 0) is 22.5 Å². The lowest BCUT2D eigenvalue weighted by atomic mass is 10.2. The number of nitrogens with zero attached hydrogens (tertiary/aromatic N) is 4. The first-order valence-electron chi connectivity index (χ1n) is 10.8. The Morgan fingerprint density at radius 2 is 1.90 bits per heavy atom. The lowest BCUT2D eigenvalue weighted by Crippen LogP contribution is -2.50. The van der Waals surface area contributed by atoms with E-state index >= 15 is 0 Å². The average molecular weight is 423 g/mol. The van der Waals surface area contributed by atoms with Crippen LogP contribution >= 0.6 is 0 Å². The normalized spacial score (nSPS) is 14.8. The highest BCUT2D eigenvalue weighted by Crippen LogP contribution is 2.26. The molecule has 3 heterocycles. The third-order valence-corrected chi connectivity index (χ3v) is 5.80. The SMILES string of the molecule is COCCn1ccc2c(OCC(=O)N3CCN(CCc4ccccn4)CC3)cccc21. The quantitative estimate of drug-likeness (QED) is 0.530. The van der Waals surface area contributed by atoms with Crippen molar-refractivity contribution in [3.05, 3.63) is 60.6 Å². The van der Waals surface area contributed by atoms with Crippen molar-refractivity contribution in [3.63, 3.8) is 0 Å². The van der Waals surface area contributed by atoms with Gasteiger partial charge in [-0.1, -0.05) is 12.1 Å². The number of fused-ring (bicyclic) bond motifs is 1. The number of amides is 1. The Bertz CT molecular complexity index is 981. The van der Waals surface area contributed by atoms with Gasteiger partial charge in [0, 0.05) is 76.3 Å². The number of hydrogen-bond acceptors (Lipinski definition) is 5. The molecule has 1 aromatic carbocycles. The maximum absolute atomic E-state index is 12.7. The first-order chi connectivity index (χ1) is 15.2. The zero-order valence-corrected chi connectivity index (χ0v) is 18.1. The van der Waals surface area contributed by atoms with Crippen LogP contribution in [0.3, 0.4) is 0 Å². The summed E-state index contributed by atoms with van der Waals surface area (Å²) in [7, 11) is 1.70. The van der Waals surface area contributed by atoms with Crippen LogP contribution in [-0.4, -0.2) is 78.3 Å². The Morgan fingerprint density at radius 3 is 2.68 bits per heavy atom. The number of rotatable bonds is 9. The summed E-state index contributed by atoms with van der Waals surface area (Å²) in [6.45, 7) is 5.72. The van der Waals surface area contributed by atoms with E-state index in [0.29, 0.717) is 6.61 Å². The highest BCUT2D eigenvalue weighted by molar-refractivity contribution is 5.87. The first kappa shape index (κ1) is 21.3. The summed E-state index contributed by atoms with van der Waals surface area (Å²) in [5.41, 5.74) is 2.20. The first-order valence-corrected chi connectivity index (χ1v) is 10.8. The van der Waals surface area contributed by atoms with Crippen molar-refractivity contribution in [2.45, 2.75) is 13.0 Å². The lowest BCUT2D eigenvalue weighted by Gasteiger charge is -2.34. The van der Waals surface area contributed by atoms with Crippen molar-refractivity contribution in [2.75, 3.05) is 53.0 Å². The van der Waals surface area contributed by atoms with Crippen molar-refractivity contribution in [2.24, 2.45) is 0 Å². The number of hydrogen-bond donors (Lipinski definition) is 0. The van der Waals surface area contributed by atoms with Crippen LogP contribution in [0.15, 0.2) is 54.9 Å². The minimum Gasteiger partial charge on any atom is -0.483 e. The molecule has 7 nitrogen and oxygen atoms in total. The van der Waals surface area contributed by atoms with Crippen molar-refractivity contribution in [1.82, 2.24) is 19.4 Å². The van der Waals surface area contributed by atoms with Gasteiger partial charge in [-0.3, -0.25) is 14.7 Å². The number of carbonyl (C=O) groups is 1. The predicted molar refractivity (Wildman–Crippen MR) is 120 cm³/mol. The molecule has 164 valence electrons. The predicted octanol–water partition coefficient (Wildman–Crippen LogP) is 2.45. The second kappa shape index (κ2) is 10.4. The summed E-state index contributed by atoms with van der Waals surface area (Å²) in [6.07, 6.45) is 4.80. The number of methoxy groups -OCH3 is 1. The molecule has 0 N–H and O–H groups in total. The van der Waals surface area contributed by atoms with E-state index in [-0.39, 0.29) is 12.5 Å². The number of aromatic nitrogens is 2. The molecule has 4 rings (SSSR count). The van der Waals surface area contributed by atoms with E-state index in [1.807, 2.05) is 47.6 Å². The van der Waals surface area contributed by atoms with Gasteiger partial charge >= 0.3 is 0 Å². The summed E-state index contributed by atoms with van der Waals surface area (Å²) < 4.78 is 13.2. The van der Waals surface area contributed by atoms with E-state index in [1.54, 1.807) is 7.11 Å². The van der Waals surface area contributed by atoms with Crippen LogP contribution in [0, 0.1) is 0 Å². The fourth-order valence-electron chi connectivity index (χ4n) is 3.98. The topological polar surface area (TPSA) is 59.8 Å². The Hall–Kier alpha value is -2.90. The van der Waals surface area contributed by atoms with Crippen LogP contribution < -0.4 is 4.74 Å². The molecule has 7 heteroatoms. The van der Waals surface area contributed by atoms with E-state index in [2.05, 4.69) is 26.6 Å². The van der Waals surface area contributed by atoms with Crippen LogP contribution in [0.25, 0.3) is 10.9 Å². The molecule has 0 unspecified atom stereocenters. The summed E-state index contributed by atoms with van der Waals surface area (Å²) in [6, 6.07) is 14.0. The van der Waals surface area contributed by atoms with Gasteiger partial charge in [-0.05, 0) is 30.3 Å². The van der Waals surface area contributed by atoms with Crippen molar-refractivity contribution in [3.8, 4) is 5.75 Å². The average Bonchev–Trinajstić information content (AvgIpc) is 3.24. The van der Waals surface area contributed by atoms with Gasteiger partial charge in [-0.15, -0.1) is 0 Å². The maximum Gasteiger partial charge on any atom is 0.260 e. The molecule has 0 saturated carbocycles. The number of piperazine rings is 1. The molecule has 1 saturated heterocycles. The van der Waals surface area contributed by atoms with Crippen molar-refractivity contribution >= 4 is 16.8 Å². The van der Waals surface area contributed by atoms with Gasteiger partial charge in [0.05, 0.1) is 12.1 Å². The Morgan fingerprint density at radius 1 is 1.03 bits per heavy atom. The minimum absolute atomic E-state index is 0.0418. The van der Waals surface area contributed by atoms with Gasteiger partial charge in [-0.25, -0.2) is 0 Å². The highest BCUT2D eigenvalue weighted by atomic mass is 16.5. The van der Waals surface area contributed by atoms with E-state index in [4.69, 9.17) is 9.47 Å². The molecule has 1 amide bonds. The molecule has 2 aromatic heterocycles. The van der Waals surface area contributed by atoms with E-state index < -0.39 is 0 Å². The second-order valence-electron chi connectivity index (χ2n) is 7.77. The van der Waals surface area contributed by atoms with Gasteiger partial charge in [0.25, 0.3) is 5.91 Å². The van der Waals surface area contributed by atoms with E-state index in [0.717, 1.165) is 68.0 Å². The Kier molecular flexibility index (Phi) is 7.17. The van der Waals surface area contributed by atoms with Gasteiger partial charge < -0.3 is 18.9 Å². The molecular weight excluding hydrogens is 392 g/mol. The van der Waals surface area contributed by atoms with E-state index in [1.165, 1.54) is 0 Å². The third kappa shape index (κ3) is 5.42. The van der Waals surface area contributed by atoms with Gasteiger partial charge in [0.2, 0.25) is 0 Å². The molecule has 0 aliphatic carbocycles. The van der Waals surface area contributed by atoms with Crippen LogP contribution in [0.1, 0.15) is 5.69 Å². The van der Waals surface area contributed by atoms with Crippen LogP contribution in [0.5, 0.6) is 5.75 Å². The second-order valence-corrected chi connectivity index (χ2v) is 7.77. The summed E-state index contributed by atoms with van der Waals surface area (Å²) >= 11 is 0. The Labute approximate surface area is 183 Å². The number of benzene rings is 1. The number of ether oxygens (including phenoxy) is 2.